The van der Waals surface area contributed by atoms with Crippen LogP contribution in [0.4, 0.5) is 5.69 Å². The summed E-state index contributed by atoms with van der Waals surface area (Å²) in [6, 6.07) is 4.87. The standard InChI is InChI=1S/C9H9Cl2NO2/c10-4-9(14)12-7-2-1-6(5-13)8(11)3-7/h1-3,13H,4-5H2,(H,12,14). The Morgan fingerprint density at radius 1 is 1.50 bits per heavy atom. The second-order valence-corrected chi connectivity index (χ2v) is 3.32. The van der Waals surface area contributed by atoms with Crippen molar-refractivity contribution in [3.63, 3.8) is 0 Å². The lowest BCUT2D eigenvalue weighted by Crippen LogP contribution is -2.12. The molecule has 76 valence electrons. The third-order valence-corrected chi connectivity index (χ3v) is 2.22. The number of hydrogen-bond donors (Lipinski definition) is 2. The number of benzene rings is 1. The van der Waals surface area contributed by atoms with Crippen LogP contribution in [0.15, 0.2) is 18.2 Å². The van der Waals surface area contributed by atoms with Gasteiger partial charge in [0.15, 0.2) is 0 Å². The van der Waals surface area contributed by atoms with Crippen molar-refractivity contribution >= 4 is 34.8 Å². The first-order chi connectivity index (χ1) is 6.67. The second kappa shape index (κ2) is 5.20. The normalized spacial score (nSPS) is 9.93. The van der Waals surface area contributed by atoms with Crippen LogP contribution in [0.5, 0.6) is 0 Å². The molecule has 1 rings (SSSR count). The predicted molar refractivity (Wildman–Crippen MR) is 56.7 cm³/mol. The molecule has 0 aliphatic carbocycles. The molecule has 0 spiro atoms. The number of alkyl halides is 1. The first-order valence-corrected chi connectivity index (χ1v) is 4.83. The van der Waals surface area contributed by atoms with Crippen LogP contribution >= 0.6 is 23.2 Å². The summed E-state index contributed by atoms with van der Waals surface area (Å²) in [5.41, 5.74) is 1.19. The van der Waals surface area contributed by atoms with E-state index in [4.69, 9.17) is 28.3 Å². The number of aliphatic hydroxyl groups excluding tert-OH is 1. The molecule has 0 bridgehead atoms. The Kier molecular flexibility index (Phi) is 4.20. The minimum atomic E-state index is -0.292. The molecule has 0 unspecified atom stereocenters. The Balaban J connectivity index is 2.81. The molecule has 1 amide bonds. The Labute approximate surface area is 91.6 Å². The SMILES string of the molecule is O=C(CCl)Nc1ccc(CO)c(Cl)c1. The van der Waals surface area contributed by atoms with Crippen molar-refractivity contribution in [2.45, 2.75) is 6.61 Å². The van der Waals surface area contributed by atoms with Gasteiger partial charge in [0.05, 0.1) is 6.61 Å². The summed E-state index contributed by atoms with van der Waals surface area (Å²) in [6.07, 6.45) is 0. The molecule has 5 heteroatoms. The number of nitrogens with one attached hydrogen (secondary N) is 1. The summed E-state index contributed by atoms with van der Waals surface area (Å²) in [4.78, 5) is 10.9. The summed E-state index contributed by atoms with van der Waals surface area (Å²) in [7, 11) is 0. The third-order valence-electron chi connectivity index (χ3n) is 1.63. The van der Waals surface area contributed by atoms with E-state index in [0.717, 1.165) is 0 Å². The molecular formula is C9H9Cl2NO2. The van der Waals surface area contributed by atoms with Crippen molar-refractivity contribution in [1.82, 2.24) is 0 Å². The van der Waals surface area contributed by atoms with Gasteiger partial charge in [0.25, 0.3) is 0 Å². The topological polar surface area (TPSA) is 49.3 Å². The highest BCUT2D eigenvalue weighted by molar-refractivity contribution is 6.32. The number of anilines is 1. The van der Waals surface area contributed by atoms with Crippen LogP contribution in [-0.2, 0) is 11.4 Å². The van der Waals surface area contributed by atoms with Gasteiger partial charge in [-0.2, -0.15) is 0 Å². The van der Waals surface area contributed by atoms with Crippen molar-refractivity contribution < 1.29 is 9.90 Å². The highest BCUT2D eigenvalue weighted by atomic mass is 35.5. The molecule has 14 heavy (non-hydrogen) atoms. The van der Waals surface area contributed by atoms with E-state index in [1.54, 1.807) is 18.2 Å². The van der Waals surface area contributed by atoms with Gasteiger partial charge in [-0.05, 0) is 17.7 Å². The molecule has 0 radical (unpaired) electrons. The zero-order valence-electron chi connectivity index (χ0n) is 7.26. The van der Waals surface area contributed by atoms with Gasteiger partial charge < -0.3 is 10.4 Å². The number of carbonyl (C=O) groups excluding carboxylic acids is 1. The first kappa shape index (κ1) is 11.3. The molecule has 1 aromatic carbocycles. The Bertz CT molecular complexity index is 342. The van der Waals surface area contributed by atoms with E-state index in [-0.39, 0.29) is 18.4 Å². The fourth-order valence-electron chi connectivity index (χ4n) is 0.948. The van der Waals surface area contributed by atoms with Gasteiger partial charge in [0, 0.05) is 10.7 Å². The molecule has 0 aliphatic heterocycles. The van der Waals surface area contributed by atoms with Gasteiger partial charge in [-0.25, -0.2) is 0 Å². The molecule has 0 saturated heterocycles. The van der Waals surface area contributed by atoms with Crippen LogP contribution in [-0.4, -0.2) is 16.9 Å². The summed E-state index contributed by atoms with van der Waals surface area (Å²) >= 11 is 11.1. The zero-order chi connectivity index (χ0) is 10.6. The minimum absolute atomic E-state index is 0.0978. The van der Waals surface area contributed by atoms with Gasteiger partial charge in [0.1, 0.15) is 5.88 Å². The highest BCUT2D eigenvalue weighted by Gasteiger charge is 2.03. The number of amides is 1. The highest BCUT2D eigenvalue weighted by Crippen LogP contribution is 2.20. The largest absolute Gasteiger partial charge is 0.392 e. The molecule has 0 heterocycles. The fourth-order valence-corrected chi connectivity index (χ4v) is 1.25. The fraction of sp³-hybridized carbons (Fsp3) is 0.222. The lowest BCUT2D eigenvalue weighted by Gasteiger charge is -2.05. The predicted octanol–water partition coefficient (Wildman–Crippen LogP) is 2.01. The molecule has 0 aliphatic rings. The number of halogens is 2. The van der Waals surface area contributed by atoms with Gasteiger partial charge in [0.2, 0.25) is 5.91 Å². The molecule has 0 fully saturated rings. The van der Waals surface area contributed by atoms with Crippen LogP contribution in [0.3, 0.4) is 0 Å². The van der Waals surface area contributed by atoms with E-state index in [2.05, 4.69) is 5.32 Å². The molecule has 0 atom stereocenters. The Morgan fingerprint density at radius 3 is 2.71 bits per heavy atom. The molecule has 3 nitrogen and oxygen atoms in total. The van der Waals surface area contributed by atoms with Gasteiger partial charge in [-0.15, -0.1) is 11.6 Å². The Hall–Kier alpha value is -0.770. The quantitative estimate of drug-likeness (QED) is 0.786. The summed E-state index contributed by atoms with van der Waals surface area (Å²) in [6.45, 7) is -0.122. The van der Waals surface area contributed by atoms with E-state index in [1.807, 2.05) is 0 Å². The van der Waals surface area contributed by atoms with Gasteiger partial charge in [-0.1, -0.05) is 17.7 Å². The number of hydrogen-bond acceptors (Lipinski definition) is 2. The van der Waals surface area contributed by atoms with Gasteiger partial charge in [-0.3, -0.25) is 4.79 Å². The van der Waals surface area contributed by atoms with Crippen molar-refractivity contribution in [3.8, 4) is 0 Å². The average molecular weight is 234 g/mol. The number of aliphatic hydroxyl groups is 1. The average Bonchev–Trinajstić information content (AvgIpc) is 2.18. The van der Waals surface area contributed by atoms with E-state index in [0.29, 0.717) is 16.3 Å². The molecule has 0 aromatic heterocycles. The number of carbonyl (C=O) groups is 1. The van der Waals surface area contributed by atoms with Crippen molar-refractivity contribution in [2.75, 3.05) is 11.2 Å². The maximum absolute atomic E-state index is 10.9. The molecule has 1 aromatic rings. The van der Waals surface area contributed by atoms with E-state index in [1.165, 1.54) is 0 Å². The first-order valence-electron chi connectivity index (χ1n) is 3.92. The Morgan fingerprint density at radius 2 is 2.21 bits per heavy atom. The summed E-state index contributed by atoms with van der Waals surface area (Å²) in [5.74, 6) is -0.390. The minimum Gasteiger partial charge on any atom is -0.392 e. The van der Waals surface area contributed by atoms with Crippen LogP contribution in [0.25, 0.3) is 0 Å². The van der Waals surface area contributed by atoms with Crippen LogP contribution in [0.2, 0.25) is 5.02 Å². The van der Waals surface area contributed by atoms with Crippen LogP contribution in [0.1, 0.15) is 5.56 Å². The third kappa shape index (κ3) is 2.87. The number of rotatable bonds is 3. The molecular weight excluding hydrogens is 225 g/mol. The summed E-state index contributed by atoms with van der Waals surface area (Å²) in [5, 5.41) is 11.8. The van der Waals surface area contributed by atoms with Crippen molar-refractivity contribution in [2.24, 2.45) is 0 Å². The van der Waals surface area contributed by atoms with Crippen LogP contribution in [0, 0.1) is 0 Å². The van der Waals surface area contributed by atoms with Crippen molar-refractivity contribution in [3.05, 3.63) is 28.8 Å². The lowest BCUT2D eigenvalue weighted by atomic mass is 10.2. The zero-order valence-corrected chi connectivity index (χ0v) is 8.77. The summed E-state index contributed by atoms with van der Waals surface area (Å²) < 4.78 is 0. The maximum Gasteiger partial charge on any atom is 0.239 e. The maximum atomic E-state index is 10.9. The second-order valence-electron chi connectivity index (χ2n) is 2.65. The smallest absolute Gasteiger partial charge is 0.239 e. The van der Waals surface area contributed by atoms with Gasteiger partial charge >= 0.3 is 0 Å². The lowest BCUT2D eigenvalue weighted by molar-refractivity contribution is -0.113. The van der Waals surface area contributed by atoms with E-state index < -0.39 is 0 Å². The van der Waals surface area contributed by atoms with E-state index in [9.17, 15) is 4.79 Å². The molecule has 0 saturated carbocycles. The van der Waals surface area contributed by atoms with Crippen LogP contribution < -0.4 is 5.32 Å². The van der Waals surface area contributed by atoms with E-state index >= 15 is 0 Å². The van der Waals surface area contributed by atoms with Crippen molar-refractivity contribution in [1.29, 1.82) is 0 Å². The monoisotopic (exact) mass is 233 g/mol. The molecule has 2 N–H and O–H groups in total.